The van der Waals surface area contributed by atoms with Gasteiger partial charge in [-0.15, -0.1) is 11.8 Å². The van der Waals surface area contributed by atoms with E-state index < -0.39 is 0 Å². The fourth-order valence-corrected chi connectivity index (χ4v) is 5.25. The molecule has 0 saturated carbocycles. The summed E-state index contributed by atoms with van der Waals surface area (Å²) in [5.74, 6) is 0.530. The van der Waals surface area contributed by atoms with Crippen molar-refractivity contribution in [2.24, 2.45) is 0 Å². The first-order valence-corrected chi connectivity index (χ1v) is 11.9. The lowest BCUT2D eigenvalue weighted by molar-refractivity contribution is -0.128. The number of hydrogen-bond acceptors (Lipinski definition) is 3. The third-order valence-corrected chi connectivity index (χ3v) is 7.13. The van der Waals surface area contributed by atoms with Gasteiger partial charge in [0.05, 0.1) is 11.8 Å². The number of nitrogens with zero attached hydrogens (tertiary/aromatic N) is 1. The van der Waals surface area contributed by atoms with Gasteiger partial charge in [0.25, 0.3) is 5.91 Å². The lowest BCUT2D eigenvalue weighted by atomic mass is 9.99. The Morgan fingerprint density at radius 1 is 1.06 bits per heavy atom. The first-order valence-electron chi connectivity index (χ1n) is 10.9. The molecule has 0 unspecified atom stereocenters. The normalized spacial score (nSPS) is 16.8. The highest BCUT2D eigenvalue weighted by Crippen LogP contribution is 2.39. The Morgan fingerprint density at radius 3 is 2.50 bits per heavy atom. The molecule has 1 aliphatic heterocycles. The van der Waals surface area contributed by atoms with E-state index in [0.29, 0.717) is 17.9 Å². The second-order valence-electron chi connectivity index (χ2n) is 8.35. The highest BCUT2D eigenvalue weighted by Gasteiger charge is 2.32. The standard InChI is InChI=1S/C27H28N2O2S/c1-18-9-10-19(2)24(15-18)20(3)28-26(31)22-11-13-23(14-12-22)27-29(25(30)17-32-27)16-21-7-5-4-6-8-21/h4-15,20,27H,16-17H2,1-3H3,(H,28,31)/t20-,27-/m0/s1. The van der Waals surface area contributed by atoms with E-state index in [9.17, 15) is 9.59 Å². The van der Waals surface area contributed by atoms with E-state index >= 15 is 0 Å². The zero-order valence-corrected chi connectivity index (χ0v) is 19.5. The van der Waals surface area contributed by atoms with Gasteiger partial charge in [-0.3, -0.25) is 9.59 Å². The summed E-state index contributed by atoms with van der Waals surface area (Å²) in [4.78, 5) is 27.2. The zero-order valence-electron chi connectivity index (χ0n) is 18.7. The lowest BCUT2D eigenvalue weighted by Gasteiger charge is -2.24. The van der Waals surface area contributed by atoms with Crippen LogP contribution in [0.1, 0.15) is 56.5 Å². The molecule has 3 aromatic carbocycles. The minimum Gasteiger partial charge on any atom is -0.346 e. The van der Waals surface area contributed by atoms with Gasteiger partial charge < -0.3 is 10.2 Å². The largest absolute Gasteiger partial charge is 0.346 e. The van der Waals surface area contributed by atoms with Crippen LogP contribution in [0.15, 0.2) is 72.8 Å². The van der Waals surface area contributed by atoms with Crippen molar-refractivity contribution < 1.29 is 9.59 Å². The molecule has 164 valence electrons. The number of thioether (sulfide) groups is 1. The number of aryl methyl sites for hydroxylation is 2. The van der Waals surface area contributed by atoms with Crippen LogP contribution in [0.4, 0.5) is 0 Å². The highest BCUT2D eigenvalue weighted by atomic mass is 32.2. The summed E-state index contributed by atoms with van der Waals surface area (Å²) in [6.45, 7) is 6.72. The number of benzene rings is 3. The number of hydrogen-bond donors (Lipinski definition) is 1. The van der Waals surface area contributed by atoms with Crippen molar-refractivity contribution in [2.75, 3.05) is 5.75 Å². The van der Waals surface area contributed by atoms with Crippen LogP contribution in [-0.2, 0) is 11.3 Å². The van der Waals surface area contributed by atoms with E-state index in [0.717, 1.165) is 16.7 Å². The first kappa shape index (κ1) is 22.2. The van der Waals surface area contributed by atoms with Crippen molar-refractivity contribution in [2.45, 2.75) is 38.7 Å². The van der Waals surface area contributed by atoms with Crippen LogP contribution in [0.2, 0.25) is 0 Å². The molecular weight excluding hydrogens is 416 g/mol. The van der Waals surface area contributed by atoms with Crippen LogP contribution < -0.4 is 5.32 Å². The van der Waals surface area contributed by atoms with E-state index in [1.54, 1.807) is 11.8 Å². The van der Waals surface area contributed by atoms with Gasteiger partial charge in [-0.05, 0) is 55.2 Å². The van der Waals surface area contributed by atoms with Crippen LogP contribution in [-0.4, -0.2) is 22.5 Å². The van der Waals surface area contributed by atoms with Gasteiger partial charge in [-0.25, -0.2) is 0 Å². The minimum absolute atomic E-state index is 0.0336. The molecule has 0 spiro atoms. The quantitative estimate of drug-likeness (QED) is 0.541. The number of nitrogens with one attached hydrogen (secondary N) is 1. The summed E-state index contributed by atoms with van der Waals surface area (Å²) in [5, 5.41) is 3.08. The molecule has 1 fully saturated rings. The number of rotatable bonds is 6. The predicted octanol–water partition coefficient (Wildman–Crippen LogP) is 5.57. The third kappa shape index (κ3) is 4.89. The molecule has 3 aromatic rings. The van der Waals surface area contributed by atoms with Gasteiger partial charge >= 0.3 is 0 Å². The van der Waals surface area contributed by atoms with Crippen LogP contribution in [0.5, 0.6) is 0 Å². The van der Waals surface area contributed by atoms with Crippen LogP contribution >= 0.6 is 11.8 Å². The van der Waals surface area contributed by atoms with Crippen LogP contribution in [0.3, 0.4) is 0 Å². The Bertz CT molecular complexity index is 1110. The smallest absolute Gasteiger partial charge is 0.251 e. The van der Waals surface area contributed by atoms with Gasteiger partial charge in [0, 0.05) is 12.1 Å². The molecule has 5 heteroatoms. The Hall–Kier alpha value is -3.05. The summed E-state index contributed by atoms with van der Waals surface area (Å²) in [6.07, 6.45) is 0. The van der Waals surface area contributed by atoms with Crippen molar-refractivity contribution in [3.63, 3.8) is 0 Å². The zero-order chi connectivity index (χ0) is 22.7. The Balaban J connectivity index is 1.45. The minimum atomic E-state index is -0.0961. The van der Waals surface area contributed by atoms with Crippen molar-refractivity contribution in [3.05, 3.63) is 106 Å². The van der Waals surface area contributed by atoms with Gasteiger partial charge in [0.15, 0.2) is 0 Å². The Kier molecular flexibility index (Phi) is 6.66. The van der Waals surface area contributed by atoms with Gasteiger partial charge in [0.2, 0.25) is 5.91 Å². The van der Waals surface area contributed by atoms with Crippen molar-refractivity contribution in [3.8, 4) is 0 Å². The van der Waals surface area contributed by atoms with Crippen LogP contribution in [0.25, 0.3) is 0 Å². The van der Waals surface area contributed by atoms with Crippen molar-refractivity contribution >= 4 is 23.6 Å². The van der Waals surface area contributed by atoms with Gasteiger partial charge in [0.1, 0.15) is 5.37 Å². The fraction of sp³-hybridized carbons (Fsp3) is 0.259. The summed E-state index contributed by atoms with van der Waals surface area (Å²) >= 11 is 1.63. The van der Waals surface area contributed by atoms with E-state index in [4.69, 9.17) is 0 Å². The summed E-state index contributed by atoms with van der Waals surface area (Å²) in [6, 6.07) is 23.9. The second-order valence-corrected chi connectivity index (χ2v) is 9.42. The van der Waals surface area contributed by atoms with E-state index in [-0.39, 0.29) is 23.2 Å². The average Bonchev–Trinajstić information content (AvgIpc) is 3.16. The average molecular weight is 445 g/mol. The van der Waals surface area contributed by atoms with Crippen molar-refractivity contribution in [1.29, 1.82) is 0 Å². The van der Waals surface area contributed by atoms with Gasteiger partial charge in [-0.2, -0.15) is 0 Å². The van der Waals surface area contributed by atoms with E-state index in [1.807, 2.05) is 66.4 Å². The molecule has 1 aliphatic rings. The van der Waals surface area contributed by atoms with Gasteiger partial charge in [-0.1, -0.05) is 66.2 Å². The SMILES string of the molecule is Cc1ccc(C)c([C@H](C)NC(=O)c2ccc([C@@H]3SCC(=O)N3Cc3ccccc3)cc2)c1. The fourth-order valence-electron chi connectivity index (χ4n) is 4.06. The van der Waals surface area contributed by atoms with E-state index in [2.05, 4.69) is 37.4 Å². The molecule has 0 aromatic heterocycles. The topological polar surface area (TPSA) is 49.4 Å². The molecule has 0 aliphatic carbocycles. The monoisotopic (exact) mass is 444 g/mol. The molecule has 0 bridgehead atoms. The molecule has 4 rings (SSSR count). The summed E-state index contributed by atoms with van der Waals surface area (Å²) in [5.41, 5.74) is 6.25. The van der Waals surface area contributed by atoms with E-state index in [1.165, 1.54) is 11.1 Å². The molecule has 32 heavy (non-hydrogen) atoms. The molecule has 0 radical (unpaired) electrons. The predicted molar refractivity (Wildman–Crippen MR) is 130 cm³/mol. The highest BCUT2D eigenvalue weighted by molar-refractivity contribution is 8.00. The second kappa shape index (κ2) is 9.61. The maximum atomic E-state index is 12.8. The van der Waals surface area contributed by atoms with Crippen molar-refractivity contribution in [1.82, 2.24) is 10.2 Å². The Morgan fingerprint density at radius 2 is 1.78 bits per heavy atom. The molecule has 4 nitrogen and oxygen atoms in total. The molecular formula is C27H28N2O2S. The number of amides is 2. The van der Waals surface area contributed by atoms with Crippen LogP contribution in [0, 0.1) is 13.8 Å². The number of carbonyl (C=O) groups excluding carboxylic acids is 2. The molecule has 1 N–H and O–H groups in total. The molecule has 2 atom stereocenters. The lowest BCUT2D eigenvalue weighted by Crippen LogP contribution is -2.28. The first-order chi connectivity index (χ1) is 15.4. The molecule has 1 saturated heterocycles. The third-order valence-electron chi connectivity index (χ3n) is 5.87. The summed E-state index contributed by atoms with van der Waals surface area (Å²) < 4.78 is 0. The maximum absolute atomic E-state index is 12.8. The summed E-state index contributed by atoms with van der Waals surface area (Å²) in [7, 11) is 0. The Labute approximate surface area is 194 Å². The number of carbonyl (C=O) groups is 2. The molecule has 2 amide bonds. The molecule has 1 heterocycles. The maximum Gasteiger partial charge on any atom is 0.251 e.